The van der Waals surface area contributed by atoms with Gasteiger partial charge < -0.3 is 10.4 Å². The number of hydrogen-bond donors (Lipinski definition) is 2. The molecule has 18 heavy (non-hydrogen) atoms. The van der Waals surface area contributed by atoms with Crippen LogP contribution in [0.1, 0.15) is 21.7 Å². The highest BCUT2D eigenvalue weighted by Gasteiger charge is 2.07. The molecule has 0 spiro atoms. The first-order valence-electron chi connectivity index (χ1n) is 5.65. The smallest absolute Gasteiger partial charge is 0.270 e. The lowest BCUT2D eigenvalue weighted by Gasteiger charge is -2.06. The maximum Gasteiger partial charge on any atom is 0.270 e. The fourth-order valence-corrected chi connectivity index (χ4v) is 1.60. The van der Waals surface area contributed by atoms with Gasteiger partial charge in [-0.1, -0.05) is 24.3 Å². The molecule has 0 saturated carbocycles. The molecule has 0 saturated heterocycles. The second-order valence-electron chi connectivity index (χ2n) is 3.98. The molecular formula is C14H14N2O2. The summed E-state index contributed by atoms with van der Waals surface area (Å²) in [5.41, 5.74) is 1.86. The highest BCUT2D eigenvalue weighted by atomic mass is 16.3. The summed E-state index contributed by atoms with van der Waals surface area (Å²) in [5.74, 6) is -0.0723. The van der Waals surface area contributed by atoms with Crippen LogP contribution in [-0.2, 0) is 6.54 Å². The third kappa shape index (κ3) is 2.85. The van der Waals surface area contributed by atoms with Crippen LogP contribution in [0.2, 0.25) is 0 Å². The summed E-state index contributed by atoms with van der Waals surface area (Å²) in [6.07, 6.45) is 0. The highest BCUT2D eigenvalue weighted by Crippen LogP contribution is 2.14. The van der Waals surface area contributed by atoms with E-state index in [1.165, 1.54) is 0 Å². The molecule has 4 heteroatoms. The summed E-state index contributed by atoms with van der Waals surface area (Å²) >= 11 is 0. The summed E-state index contributed by atoms with van der Waals surface area (Å²) < 4.78 is 0. The SMILES string of the molecule is Cc1cccc(C(=O)NCc2ccccc2O)n1. The van der Waals surface area contributed by atoms with Gasteiger partial charge in [-0.15, -0.1) is 0 Å². The first kappa shape index (κ1) is 12.1. The summed E-state index contributed by atoms with van der Waals surface area (Å²) in [4.78, 5) is 16.0. The number of phenols is 1. The molecule has 0 aliphatic rings. The predicted octanol–water partition coefficient (Wildman–Crippen LogP) is 2.03. The summed E-state index contributed by atoms with van der Waals surface area (Å²) in [6.45, 7) is 2.11. The largest absolute Gasteiger partial charge is 0.508 e. The number of para-hydroxylation sites is 1. The third-order valence-corrected chi connectivity index (χ3v) is 2.55. The number of amides is 1. The molecule has 1 heterocycles. The van der Waals surface area contributed by atoms with Crippen LogP contribution in [0.15, 0.2) is 42.5 Å². The number of phenolic OH excluding ortho intramolecular Hbond substituents is 1. The van der Waals surface area contributed by atoms with Gasteiger partial charge in [0.1, 0.15) is 11.4 Å². The summed E-state index contributed by atoms with van der Waals surface area (Å²) in [7, 11) is 0. The Kier molecular flexibility index (Phi) is 3.57. The molecule has 0 atom stereocenters. The molecule has 0 bridgehead atoms. The van der Waals surface area contributed by atoms with Crippen LogP contribution in [0, 0.1) is 6.92 Å². The average Bonchev–Trinajstić information content (AvgIpc) is 2.37. The Morgan fingerprint density at radius 3 is 2.72 bits per heavy atom. The minimum absolute atomic E-state index is 0.176. The zero-order chi connectivity index (χ0) is 13.0. The van der Waals surface area contributed by atoms with E-state index in [1.54, 1.807) is 30.3 Å². The van der Waals surface area contributed by atoms with Gasteiger partial charge in [0.15, 0.2) is 0 Å². The van der Waals surface area contributed by atoms with E-state index in [1.807, 2.05) is 19.1 Å². The van der Waals surface area contributed by atoms with Crippen molar-refractivity contribution in [1.82, 2.24) is 10.3 Å². The van der Waals surface area contributed by atoms with Gasteiger partial charge in [-0.2, -0.15) is 0 Å². The van der Waals surface area contributed by atoms with E-state index in [4.69, 9.17) is 0 Å². The molecule has 0 radical (unpaired) electrons. The minimum atomic E-state index is -0.248. The van der Waals surface area contributed by atoms with E-state index in [0.717, 1.165) is 5.69 Å². The van der Waals surface area contributed by atoms with E-state index in [9.17, 15) is 9.90 Å². The van der Waals surface area contributed by atoms with Crippen molar-refractivity contribution in [1.29, 1.82) is 0 Å². The Hall–Kier alpha value is -2.36. The van der Waals surface area contributed by atoms with Crippen molar-refractivity contribution in [2.24, 2.45) is 0 Å². The summed E-state index contributed by atoms with van der Waals surface area (Å²) in [6, 6.07) is 12.2. The minimum Gasteiger partial charge on any atom is -0.508 e. The van der Waals surface area contributed by atoms with Crippen LogP contribution >= 0.6 is 0 Å². The number of rotatable bonds is 3. The van der Waals surface area contributed by atoms with Crippen LogP contribution in [0.4, 0.5) is 0 Å². The van der Waals surface area contributed by atoms with Gasteiger partial charge in [0, 0.05) is 17.8 Å². The van der Waals surface area contributed by atoms with Crippen molar-refractivity contribution in [2.45, 2.75) is 13.5 Å². The Bertz CT molecular complexity index is 567. The van der Waals surface area contributed by atoms with E-state index in [-0.39, 0.29) is 18.2 Å². The van der Waals surface area contributed by atoms with E-state index in [2.05, 4.69) is 10.3 Å². The van der Waals surface area contributed by atoms with Gasteiger partial charge in [-0.05, 0) is 25.1 Å². The van der Waals surface area contributed by atoms with Crippen LogP contribution < -0.4 is 5.32 Å². The average molecular weight is 242 g/mol. The third-order valence-electron chi connectivity index (χ3n) is 2.55. The molecule has 4 nitrogen and oxygen atoms in total. The van der Waals surface area contributed by atoms with Gasteiger partial charge in [0.2, 0.25) is 0 Å². The fourth-order valence-electron chi connectivity index (χ4n) is 1.60. The lowest BCUT2D eigenvalue weighted by Crippen LogP contribution is -2.23. The maximum atomic E-state index is 11.8. The fraction of sp³-hybridized carbons (Fsp3) is 0.143. The molecule has 2 rings (SSSR count). The Morgan fingerprint density at radius 1 is 1.22 bits per heavy atom. The van der Waals surface area contributed by atoms with E-state index in [0.29, 0.717) is 11.3 Å². The molecule has 1 amide bonds. The number of carbonyl (C=O) groups excluding carboxylic acids is 1. The summed E-state index contributed by atoms with van der Waals surface area (Å²) in [5, 5.41) is 12.3. The topological polar surface area (TPSA) is 62.2 Å². The number of aromatic nitrogens is 1. The Balaban J connectivity index is 2.03. The predicted molar refractivity (Wildman–Crippen MR) is 68.3 cm³/mol. The number of aryl methyl sites for hydroxylation is 1. The van der Waals surface area contributed by atoms with Gasteiger partial charge in [-0.3, -0.25) is 4.79 Å². The second-order valence-corrected chi connectivity index (χ2v) is 3.98. The molecule has 2 N–H and O–H groups in total. The molecule has 1 aromatic carbocycles. The number of nitrogens with one attached hydrogen (secondary N) is 1. The normalized spacial score (nSPS) is 10.1. The first-order valence-corrected chi connectivity index (χ1v) is 5.65. The lowest BCUT2D eigenvalue weighted by molar-refractivity contribution is 0.0945. The van der Waals surface area contributed by atoms with Crippen molar-refractivity contribution in [3.63, 3.8) is 0 Å². The van der Waals surface area contributed by atoms with Crippen molar-refractivity contribution in [3.05, 3.63) is 59.4 Å². The maximum absolute atomic E-state index is 11.8. The van der Waals surface area contributed by atoms with Crippen LogP contribution in [0.5, 0.6) is 5.75 Å². The number of benzene rings is 1. The quantitative estimate of drug-likeness (QED) is 0.865. The number of aromatic hydroxyl groups is 1. The second kappa shape index (κ2) is 5.31. The van der Waals surface area contributed by atoms with Crippen molar-refractivity contribution in [3.8, 4) is 5.75 Å². The zero-order valence-corrected chi connectivity index (χ0v) is 10.1. The Morgan fingerprint density at radius 2 is 2.00 bits per heavy atom. The van der Waals surface area contributed by atoms with Gasteiger partial charge >= 0.3 is 0 Å². The molecule has 0 aliphatic carbocycles. The standard InChI is InChI=1S/C14H14N2O2/c1-10-5-4-7-12(16-10)14(18)15-9-11-6-2-3-8-13(11)17/h2-8,17H,9H2,1H3,(H,15,18). The van der Waals surface area contributed by atoms with Crippen LogP contribution in [0.3, 0.4) is 0 Å². The molecular weight excluding hydrogens is 228 g/mol. The number of pyridine rings is 1. The van der Waals surface area contributed by atoms with E-state index < -0.39 is 0 Å². The molecule has 92 valence electrons. The van der Waals surface area contributed by atoms with Crippen LogP contribution in [0.25, 0.3) is 0 Å². The van der Waals surface area contributed by atoms with Gasteiger partial charge in [0.25, 0.3) is 5.91 Å². The molecule has 0 aliphatic heterocycles. The Labute approximate surface area is 105 Å². The van der Waals surface area contributed by atoms with Gasteiger partial charge in [0.05, 0.1) is 0 Å². The number of nitrogens with zero attached hydrogens (tertiary/aromatic N) is 1. The van der Waals surface area contributed by atoms with Crippen molar-refractivity contribution in [2.75, 3.05) is 0 Å². The van der Waals surface area contributed by atoms with Crippen molar-refractivity contribution < 1.29 is 9.90 Å². The van der Waals surface area contributed by atoms with E-state index >= 15 is 0 Å². The molecule has 2 aromatic rings. The molecule has 0 fully saturated rings. The highest BCUT2D eigenvalue weighted by molar-refractivity contribution is 5.92. The molecule has 0 unspecified atom stereocenters. The first-order chi connectivity index (χ1) is 8.66. The van der Waals surface area contributed by atoms with Crippen LogP contribution in [-0.4, -0.2) is 16.0 Å². The monoisotopic (exact) mass is 242 g/mol. The number of carbonyl (C=O) groups is 1. The van der Waals surface area contributed by atoms with Crippen molar-refractivity contribution >= 4 is 5.91 Å². The zero-order valence-electron chi connectivity index (χ0n) is 10.1. The number of hydrogen-bond acceptors (Lipinski definition) is 3. The molecule has 1 aromatic heterocycles. The van der Waals surface area contributed by atoms with Gasteiger partial charge in [-0.25, -0.2) is 4.98 Å². The lowest BCUT2D eigenvalue weighted by atomic mass is 10.2.